The van der Waals surface area contributed by atoms with Crippen LogP contribution in [0.4, 0.5) is 0 Å². The lowest BCUT2D eigenvalue weighted by atomic mass is 10.1. The summed E-state index contributed by atoms with van der Waals surface area (Å²) in [5, 5.41) is 2.72. The molecule has 1 N–H and O–H groups in total. The Kier molecular flexibility index (Phi) is 6.41. The van der Waals surface area contributed by atoms with Crippen molar-refractivity contribution in [2.75, 3.05) is 20.3 Å². The third-order valence-corrected chi connectivity index (χ3v) is 4.16. The number of carbonyl (C=O) groups excluding carboxylic acids is 2. The van der Waals surface area contributed by atoms with Crippen molar-refractivity contribution in [1.29, 1.82) is 0 Å². The van der Waals surface area contributed by atoms with E-state index in [1.165, 1.54) is 0 Å². The van der Waals surface area contributed by atoms with Gasteiger partial charge in [-0.1, -0.05) is 6.07 Å². The van der Waals surface area contributed by atoms with E-state index in [-0.39, 0.29) is 12.5 Å². The van der Waals surface area contributed by atoms with Crippen molar-refractivity contribution in [1.82, 2.24) is 5.32 Å². The molecule has 6 nitrogen and oxygen atoms in total. The number of halogens is 1. The van der Waals surface area contributed by atoms with Crippen molar-refractivity contribution >= 4 is 27.8 Å². The number of hydrogen-bond acceptors (Lipinski definition) is 5. The monoisotopic (exact) mass is 385 g/mol. The molecule has 1 unspecified atom stereocenters. The SMILES string of the molecule is CCOC(=O)C(NC(=O)[C@@H]1CCCO1)c1ccc(OC)c(Br)c1. The first-order valence-corrected chi connectivity index (χ1v) is 8.28. The van der Waals surface area contributed by atoms with E-state index in [0.717, 1.165) is 6.42 Å². The Hall–Kier alpha value is -1.60. The summed E-state index contributed by atoms with van der Waals surface area (Å²) in [6, 6.07) is 4.30. The molecule has 0 aliphatic carbocycles. The van der Waals surface area contributed by atoms with E-state index in [1.807, 2.05) is 0 Å². The van der Waals surface area contributed by atoms with Crippen molar-refractivity contribution in [2.45, 2.75) is 31.9 Å². The fourth-order valence-electron chi connectivity index (χ4n) is 2.39. The van der Waals surface area contributed by atoms with Gasteiger partial charge in [-0.2, -0.15) is 0 Å². The maximum Gasteiger partial charge on any atom is 0.333 e. The summed E-state index contributed by atoms with van der Waals surface area (Å²) in [6.07, 6.45) is 0.998. The van der Waals surface area contributed by atoms with Crippen LogP contribution in [-0.4, -0.2) is 38.3 Å². The van der Waals surface area contributed by atoms with Crippen molar-refractivity contribution in [3.63, 3.8) is 0 Å². The van der Waals surface area contributed by atoms with Crippen LogP contribution in [0.5, 0.6) is 5.75 Å². The number of methoxy groups -OCH3 is 1. The largest absolute Gasteiger partial charge is 0.496 e. The quantitative estimate of drug-likeness (QED) is 0.760. The van der Waals surface area contributed by atoms with Gasteiger partial charge in [0.05, 0.1) is 18.2 Å². The second-order valence-corrected chi connectivity index (χ2v) is 5.94. The molecule has 1 aromatic rings. The van der Waals surface area contributed by atoms with E-state index in [4.69, 9.17) is 14.2 Å². The number of hydrogen-bond donors (Lipinski definition) is 1. The molecule has 1 heterocycles. The Morgan fingerprint density at radius 2 is 2.26 bits per heavy atom. The molecule has 1 aliphatic heterocycles. The highest BCUT2D eigenvalue weighted by atomic mass is 79.9. The van der Waals surface area contributed by atoms with Crippen molar-refractivity contribution < 1.29 is 23.8 Å². The minimum Gasteiger partial charge on any atom is -0.496 e. The third-order valence-electron chi connectivity index (χ3n) is 3.54. The fourth-order valence-corrected chi connectivity index (χ4v) is 2.94. The first kappa shape index (κ1) is 17.7. The average Bonchev–Trinajstić information content (AvgIpc) is 3.07. The molecule has 1 fully saturated rings. The summed E-state index contributed by atoms with van der Waals surface area (Å²) >= 11 is 3.38. The van der Waals surface area contributed by atoms with Gasteiger partial charge in [0.1, 0.15) is 11.9 Å². The van der Waals surface area contributed by atoms with Crippen LogP contribution in [0.2, 0.25) is 0 Å². The second kappa shape index (κ2) is 8.31. The summed E-state index contributed by atoms with van der Waals surface area (Å²) in [5.74, 6) is -0.162. The molecule has 2 rings (SSSR count). The first-order valence-electron chi connectivity index (χ1n) is 7.48. The van der Waals surface area contributed by atoms with Gasteiger partial charge in [-0.3, -0.25) is 4.79 Å². The zero-order chi connectivity index (χ0) is 16.8. The Morgan fingerprint density at radius 1 is 1.48 bits per heavy atom. The predicted molar refractivity (Wildman–Crippen MR) is 87.2 cm³/mol. The molecule has 0 aromatic heterocycles. The molecule has 0 saturated carbocycles. The zero-order valence-corrected chi connectivity index (χ0v) is 14.7. The maximum absolute atomic E-state index is 12.3. The van der Waals surface area contributed by atoms with Gasteiger partial charge >= 0.3 is 5.97 Å². The van der Waals surface area contributed by atoms with E-state index < -0.39 is 18.1 Å². The second-order valence-electron chi connectivity index (χ2n) is 5.09. The highest BCUT2D eigenvalue weighted by Gasteiger charge is 2.30. The summed E-state index contributed by atoms with van der Waals surface area (Å²) in [7, 11) is 1.56. The van der Waals surface area contributed by atoms with Crippen LogP contribution >= 0.6 is 15.9 Å². The van der Waals surface area contributed by atoms with Crippen molar-refractivity contribution in [3.8, 4) is 5.75 Å². The van der Waals surface area contributed by atoms with Gasteiger partial charge in [-0.25, -0.2) is 4.79 Å². The highest BCUT2D eigenvalue weighted by molar-refractivity contribution is 9.10. The van der Waals surface area contributed by atoms with Gasteiger partial charge in [-0.05, 0) is 53.4 Å². The van der Waals surface area contributed by atoms with Crippen molar-refractivity contribution in [3.05, 3.63) is 28.2 Å². The van der Waals surface area contributed by atoms with Gasteiger partial charge in [-0.15, -0.1) is 0 Å². The predicted octanol–water partition coefficient (Wildman–Crippen LogP) is 2.36. The molecule has 1 saturated heterocycles. The minimum absolute atomic E-state index is 0.239. The molecule has 1 aromatic carbocycles. The highest BCUT2D eigenvalue weighted by Crippen LogP contribution is 2.29. The van der Waals surface area contributed by atoms with Gasteiger partial charge in [0.15, 0.2) is 6.04 Å². The Balaban J connectivity index is 2.21. The fraction of sp³-hybridized carbons (Fsp3) is 0.500. The number of ether oxygens (including phenoxy) is 3. The Morgan fingerprint density at radius 3 is 2.83 bits per heavy atom. The normalized spacial score (nSPS) is 18.3. The molecule has 0 radical (unpaired) electrons. The van der Waals surface area contributed by atoms with Gasteiger partial charge in [0, 0.05) is 6.61 Å². The number of nitrogens with one attached hydrogen (secondary N) is 1. The average molecular weight is 386 g/mol. The van der Waals surface area contributed by atoms with E-state index >= 15 is 0 Å². The van der Waals surface area contributed by atoms with Gasteiger partial charge in [0.25, 0.3) is 0 Å². The summed E-state index contributed by atoms with van der Waals surface area (Å²) in [6.45, 7) is 2.53. The van der Waals surface area contributed by atoms with Gasteiger partial charge in [0.2, 0.25) is 5.91 Å². The van der Waals surface area contributed by atoms with Crippen LogP contribution in [0.15, 0.2) is 22.7 Å². The third kappa shape index (κ3) is 4.45. The van der Waals surface area contributed by atoms with E-state index in [2.05, 4.69) is 21.2 Å². The molecule has 0 bridgehead atoms. The maximum atomic E-state index is 12.3. The van der Waals surface area contributed by atoms with Crippen LogP contribution in [-0.2, 0) is 19.1 Å². The number of amides is 1. The zero-order valence-electron chi connectivity index (χ0n) is 13.1. The van der Waals surface area contributed by atoms with Crippen LogP contribution in [0.1, 0.15) is 31.4 Å². The molecule has 7 heteroatoms. The van der Waals surface area contributed by atoms with Crippen LogP contribution in [0, 0.1) is 0 Å². The lowest BCUT2D eigenvalue weighted by Gasteiger charge is -2.20. The van der Waals surface area contributed by atoms with Crippen LogP contribution in [0.25, 0.3) is 0 Å². The number of rotatable bonds is 6. The molecular weight excluding hydrogens is 366 g/mol. The molecule has 1 amide bonds. The van der Waals surface area contributed by atoms with Crippen molar-refractivity contribution in [2.24, 2.45) is 0 Å². The van der Waals surface area contributed by atoms with Crippen LogP contribution in [0.3, 0.4) is 0 Å². The molecule has 2 atom stereocenters. The number of benzene rings is 1. The van der Waals surface area contributed by atoms with Gasteiger partial charge < -0.3 is 19.5 Å². The van der Waals surface area contributed by atoms with E-state index in [1.54, 1.807) is 32.2 Å². The minimum atomic E-state index is -0.881. The smallest absolute Gasteiger partial charge is 0.333 e. The Bertz CT molecular complexity index is 572. The first-order chi connectivity index (χ1) is 11.1. The standard InChI is InChI=1S/C16H20BrNO5/c1-3-22-16(20)14(18-15(19)13-5-4-8-23-13)10-6-7-12(21-2)11(17)9-10/h6-7,9,13-14H,3-5,8H2,1-2H3,(H,18,19)/t13-,14?/m0/s1. The lowest BCUT2D eigenvalue weighted by Crippen LogP contribution is -2.40. The summed E-state index contributed by atoms with van der Waals surface area (Å²) < 4.78 is 16.3. The topological polar surface area (TPSA) is 73.9 Å². The number of carbonyl (C=O) groups is 2. The number of esters is 1. The summed E-state index contributed by atoms with van der Waals surface area (Å²) in [5.41, 5.74) is 0.613. The lowest BCUT2D eigenvalue weighted by molar-refractivity contribution is -0.148. The van der Waals surface area contributed by atoms with E-state index in [9.17, 15) is 9.59 Å². The molecular formula is C16H20BrNO5. The molecule has 126 valence electrons. The van der Waals surface area contributed by atoms with Crippen LogP contribution < -0.4 is 10.1 Å². The molecule has 0 spiro atoms. The summed E-state index contributed by atoms with van der Waals surface area (Å²) in [4.78, 5) is 24.5. The molecule has 1 aliphatic rings. The van der Waals surface area contributed by atoms with E-state index in [0.29, 0.717) is 28.8 Å². The Labute approximate surface area is 143 Å². The molecule has 23 heavy (non-hydrogen) atoms.